The normalized spacial score (nSPS) is 13.6. The zero-order chi connectivity index (χ0) is 13.3. The number of rotatable bonds is 2. The third-order valence-corrected chi connectivity index (χ3v) is 2.72. The van der Waals surface area contributed by atoms with Gasteiger partial charge in [-0.3, -0.25) is 0 Å². The van der Waals surface area contributed by atoms with Gasteiger partial charge in [-0.15, -0.1) is 5.10 Å². The van der Waals surface area contributed by atoms with Crippen molar-refractivity contribution in [3.05, 3.63) is 40.6 Å². The van der Waals surface area contributed by atoms with Gasteiger partial charge in [-0.2, -0.15) is 13.2 Å². The van der Waals surface area contributed by atoms with Crippen molar-refractivity contribution in [2.24, 2.45) is 0 Å². The molecule has 18 heavy (non-hydrogen) atoms. The second-order valence-corrected chi connectivity index (χ2v) is 4.42. The lowest BCUT2D eigenvalue weighted by atomic mass is 10.2. The number of nitrogens with zero attached hydrogens (tertiary/aromatic N) is 3. The standard InChI is InChI=1S/C10H7BrF3N3O/c11-6-1-3-7(4-2-6)17-5-8(15-16-17)9(18)10(12,13)14/h1-5,9,18H. The quantitative estimate of drug-likeness (QED) is 0.925. The first kappa shape index (κ1) is 13.0. The van der Waals surface area contributed by atoms with E-state index < -0.39 is 18.0 Å². The highest BCUT2D eigenvalue weighted by Crippen LogP contribution is 2.31. The predicted octanol–water partition coefficient (Wildman–Crippen LogP) is 2.63. The van der Waals surface area contributed by atoms with Crippen LogP contribution in [-0.2, 0) is 0 Å². The van der Waals surface area contributed by atoms with Crippen molar-refractivity contribution in [1.29, 1.82) is 0 Å². The first-order valence-corrected chi connectivity index (χ1v) is 5.60. The molecule has 2 rings (SSSR count). The van der Waals surface area contributed by atoms with Gasteiger partial charge in [0.1, 0.15) is 5.69 Å². The minimum absolute atomic E-state index is 0.537. The molecule has 1 aromatic carbocycles. The Kier molecular flexibility index (Phi) is 3.40. The smallest absolute Gasteiger partial charge is 0.378 e. The molecule has 0 amide bonds. The van der Waals surface area contributed by atoms with Crippen LogP contribution in [0.5, 0.6) is 0 Å². The van der Waals surface area contributed by atoms with Crippen LogP contribution in [0.1, 0.15) is 11.8 Å². The van der Waals surface area contributed by atoms with Crippen molar-refractivity contribution in [1.82, 2.24) is 15.0 Å². The average molecular weight is 322 g/mol. The molecule has 96 valence electrons. The van der Waals surface area contributed by atoms with Crippen molar-refractivity contribution in [3.8, 4) is 5.69 Å². The Labute approximate surface area is 108 Å². The number of alkyl halides is 3. The number of hydrogen-bond acceptors (Lipinski definition) is 3. The van der Waals surface area contributed by atoms with Crippen LogP contribution in [0.3, 0.4) is 0 Å². The molecule has 2 aromatic rings. The third-order valence-electron chi connectivity index (χ3n) is 2.19. The Bertz CT molecular complexity index is 538. The van der Waals surface area contributed by atoms with Crippen LogP contribution >= 0.6 is 15.9 Å². The highest BCUT2D eigenvalue weighted by molar-refractivity contribution is 9.10. The summed E-state index contributed by atoms with van der Waals surface area (Å²) in [5.41, 5.74) is 0.0109. The highest BCUT2D eigenvalue weighted by atomic mass is 79.9. The summed E-state index contributed by atoms with van der Waals surface area (Å²) >= 11 is 3.24. The van der Waals surface area contributed by atoms with Crippen molar-refractivity contribution in [2.45, 2.75) is 12.3 Å². The predicted molar refractivity (Wildman–Crippen MR) is 60.1 cm³/mol. The van der Waals surface area contributed by atoms with Crippen LogP contribution in [0.4, 0.5) is 13.2 Å². The van der Waals surface area contributed by atoms with E-state index in [0.29, 0.717) is 5.69 Å². The van der Waals surface area contributed by atoms with E-state index in [1.54, 1.807) is 24.3 Å². The van der Waals surface area contributed by atoms with Crippen LogP contribution < -0.4 is 0 Å². The summed E-state index contributed by atoms with van der Waals surface area (Å²) in [6.07, 6.45) is -6.33. The fraction of sp³-hybridized carbons (Fsp3) is 0.200. The van der Waals surface area contributed by atoms with Gasteiger partial charge < -0.3 is 5.11 Å². The van der Waals surface area contributed by atoms with Crippen LogP contribution in [0, 0.1) is 0 Å². The molecule has 0 bridgehead atoms. The molecular weight excluding hydrogens is 315 g/mol. The monoisotopic (exact) mass is 321 g/mol. The van der Waals surface area contributed by atoms with E-state index in [1.165, 1.54) is 0 Å². The molecule has 1 atom stereocenters. The van der Waals surface area contributed by atoms with E-state index in [1.807, 2.05) is 0 Å². The molecule has 0 aliphatic heterocycles. The molecule has 0 saturated heterocycles. The summed E-state index contributed by atoms with van der Waals surface area (Å²) in [6.45, 7) is 0. The first-order valence-electron chi connectivity index (χ1n) is 4.81. The van der Waals surface area contributed by atoms with Crippen LogP contribution in [0.25, 0.3) is 5.69 Å². The maximum atomic E-state index is 12.3. The number of aliphatic hydroxyl groups is 1. The fourth-order valence-electron chi connectivity index (χ4n) is 1.29. The van der Waals surface area contributed by atoms with Gasteiger partial charge >= 0.3 is 6.18 Å². The number of halogens is 4. The lowest BCUT2D eigenvalue weighted by molar-refractivity contribution is -0.208. The Morgan fingerprint density at radius 2 is 1.83 bits per heavy atom. The lowest BCUT2D eigenvalue weighted by Gasteiger charge is -2.10. The molecule has 4 nitrogen and oxygen atoms in total. The molecule has 0 aliphatic rings. The summed E-state index contributed by atoms with van der Waals surface area (Å²) in [4.78, 5) is 0. The Morgan fingerprint density at radius 3 is 2.39 bits per heavy atom. The van der Waals surface area contributed by atoms with E-state index in [2.05, 4.69) is 26.2 Å². The molecule has 1 aromatic heterocycles. The number of benzene rings is 1. The van der Waals surface area contributed by atoms with E-state index in [0.717, 1.165) is 15.4 Å². The van der Waals surface area contributed by atoms with Crippen molar-refractivity contribution in [3.63, 3.8) is 0 Å². The van der Waals surface area contributed by atoms with Gasteiger partial charge in [0, 0.05) is 4.47 Å². The molecular formula is C10H7BrF3N3O. The second-order valence-electron chi connectivity index (χ2n) is 3.51. The number of hydrogen-bond donors (Lipinski definition) is 1. The van der Waals surface area contributed by atoms with Crippen molar-refractivity contribution < 1.29 is 18.3 Å². The highest BCUT2D eigenvalue weighted by Gasteiger charge is 2.41. The van der Waals surface area contributed by atoms with Gasteiger partial charge in [-0.25, -0.2) is 4.68 Å². The molecule has 1 heterocycles. The summed E-state index contributed by atoms with van der Waals surface area (Å²) in [6, 6.07) is 6.75. The van der Waals surface area contributed by atoms with Gasteiger partial charge in [0.15, 0.2) is 6.10 Å². The SMILES string of the molecule is OC(c1cn(-c2ccc(Br)cc2)nn1)C(F)(F)F. The molecule has 0 saturated carbocycles. The van der Waals surface area contributed by atoms with Crippen LogP contribution in [-0.4, -0.2) is 26.3 Å². The fourth-order valence-corrected chi connectivity index (χ4v) is 1.55. The molecule has 1 unspecified atom stereocenters. The van der Waals surface area contributed by atoms with Crippen LogP contribution in [0.2, 0.25) is 0 Å². The molecule has 1 N–H and O–H groups in total. The van der Waals surface area contributed by atoms with E-state index in [4.69, 9.17) is 5.11 Å². The Morgan fingerprint density at radius 1 is 1.22 bits per heavy atom. The maximum absolute atomic E-state index is 12.3. The van der Waals surface area contributed by atoms with Crippen LogP contribution in [0.15, 0.2) is 34.9 Å². The average Bonchev–Trinajstić information content (AvgIpc) is 2.77. The largest absolute Gasteiger partial charge is 0.420 e. The van der Waals surface area contributed by atoms with Crippen molar-refractivity contribution in [2.75, 3.05) is 0 Å². The number of aliphatic hydroxyl groups excluding tert-OH is 1. The zero-order valence-electron chi connectivity index (χ0n) is 8.76. The summed E-state index contributed by atoms with van der Waals surface area (Å²) in [5, 5.41) is 15.9. The summed E-state index contributed by atoms with van der Waals surface area (Å²) < 4.78 is 38.8. The molecule has 8 heteroatoms. The Hall–Kier alpha value is -1.41. The Balaban J connectivity index is 2.28. The van der Waals surface area contributed by atoms with Gasteiger partial charge in [0.25, 0.3) is 0 Å². The topological polar surface area (TPSA) is 50.9 Å². The zero-order valence-corrected chi connectivity index (χ0v) is 10.4. The van der Waals surface area contributed by atoms with Gasteiger partial charge in [-0.05, 0) is 24.3 Å². The molecule has 0 radical (unpaired) electrons. The van der Waals surface area contributed by atoms with Gasteiger partial charge in [0.2, 0.25) is 0 Å². The summed E-state index contributed by atoms with van der Waals surface area (Å²) in [7, 11) is 0. The molecule has 0 aliphatic carbocycles. The summed E-state index contributed by atoms with van der Waals surface area (Å²) in [5.74, 6) is 0. The second kappa shape index (κ2) is 4.69. The van der Waals surface area contributed by atoms with E-state index >= 15 is 0 Å². The maximum Gasteiger partial charge on any atom is 0.420 e. The van der Waals surface area contributed by atoms with Gasteiger partial charge in [-0.1, -0.05) is 21.1 Å². The third kappa shape index (κ3) is 2.70. The van der Waals surface area contributed by atoms with E-state index in [9.17, 15) is 13.2 Å². The lowest BCUT2D eigenvalue weighted by Crippen LogP contribution is -2.20. The first-order chi connectivity index (χ1) is 8.38. The minimum Gasteiger partial charge on any atom is -0.378 e. The van der Waals surface area contributed by atoms with E-state index in [-0.39, 0.29) is 0 Å². The molecule has 0 fully saturated rings. The van der Waals surface area contributed by atoms with Crippen molar-refractivity contribution >= 4 is 15.9 Å². The number of aromatic nitrogens is 3. The minimum atomic E-state index is -4.75. The van der Waals surface area contributed by atoms with Gasteiger partial charge in [0.05, 0.1) is 11.9 Å². The molecule has 0 spiro atoms.